The maximum absolute atomic E-state index is 12.7. The van der Waals surface area contributed by atoms with Crippen LogP contribution in [-0.4, -0.2) is 22.5 Å². The zero-order chi connectivity index (χ0) is 24.1. The summed E-state index contributed by atoms with van der Waals surface area (Å²) in [4.78, 5) is 27.7. The SMILES string of the molecule is CCOc1cc(C=Nn2c(=O)[nH]c3ccccc3c2=O)c(Br)cc1OCc1ccccc1C#N. The fourth-order valence-electron chi connectivity index (χ4n) is 3.32. The molecule has 4 aromatic rings. The highest BCUT2D eigenvalue weighted by atomic mass is 79.9. The lowest BCUT2D eigenvalue weighted by molar-refractivity contribution is 0.269. The number of ether oxygens (including phenoxy) is 2. The lowest BCUT2D eigenvalue weighted by Gasteiger charge is -2.14. The van der Waals surface area contributed by atoms with Crippen LogP contribution in [0.25, 0.3) is 10.9 Å². The van der Waals surface area contributed by atoms with Crippen molar-refractivity contribution in [1.29, 1.82) is 5.26 Å². The monoisotopic (exact) mass is 518 g/mol. The number of rotatable bonds is 7. The summed E-state index contributed by atoms with van der Waals surface area (Å²) in [6, 6.07) is 19.5. The van der Waals surface area contributed by atoms with Crippen molar-refractivity contribution in [3.63, 3.8) is 0 Å². The molecule has 1 N–H and O–H groups in total. The predicted molar refractivity (Wildman–Crippen MR) is 133 cm³/mol. The Morgan fingerprint density at radius 2 is 1.82 bits per heavy atom. The number of nitriles is 1. The van der Waals surface area contributed by atoms with Gasteiger partial charge >= 0.3 is 5.69 Å². The first-order valence-electron chi connectivity index (χ1n) is 10.4. The Hall–Kier alpha value is -4.16. The van der Waals surface area contributed by atoms with Gasteiger partial charge in [-0.3, -0.25) is 4.79 Å². The number of halogens is 1. The summed E-state index contributed by atoms with van der Waals surface area (Å²) >= 11 is 3.48. The fraction of sp³-hybridized carbons (Fsp3) is 0.120. The third-order valence-electron chi connectivity index (χ3n) is 4.98. The van der Waals surface area contributed by atoms with E-state index in [-0.39, 0.29) is 6.61 Å². The van der Waals surface area contributed by atoms with E-state index in [9.17, 15) is 14.9 Å². The van der Waals surface area contributed by atoms with Crippen LogP contribution in [0.4, 0.5) is 0 Å². The Balaban J connectivity index is 1.66. The fourth-order valence-corrected chi connectivity index (χ4v) is 3.74. The average molecular weight is 519 g/mol. The summed E-state index contributed by atoms with van der Waals surface area (Å²) in [6.07, 6.45) is 1.40. The molecule has 0 radical (unpaired) electrons. The van der Waals surface area contributed by atoms with Gasteiger partial charge in [0.05, 0.1) is 35.4 Å². The largest absolute Gasteiger partial charge is 0.490 e. The highest BCUT2D eigenvalue weighted by Gasteiger charge is 2.12. The number of nitrogens with zero attached hydrogens (tertiary/aromatic N) is 3. The van der Waals surface area contributed by atoms with Crippen molar-refractivity contribution in [3.05, 3.63) is 103 Å². The van der Waals surface area contributed by atoms with Crippen molar-refractivity contribution in [2.45, 2.75) is 13.5 Å². The zero-order valence-electron chi connectivity index (χ0n) is 18.1. The van der Waals surface area contributed by atoms with Gasteiger partial charge in [0.2, 0.25) is 0 Å². The lowest BCUT2D eigenvalue weighted by atomic mass is 10.1. The highest BCUT2D eigenvalue weighted by Crippen LogP contribution is 2.34. The number of nitrogens with one attached hydrogen (secondary N) is 1. The van der Waals surface area contributed by atoms with E-state index >= 15 is 0 Å². The van der Waals surface area contributed by atoms with Crippen molar-refractivity contribution in [3.8, 4) is 17.6 Å². The molecule has 0 spiro atoms. The van der Waals surface area contributed by atoms with Crippen molar-refractivity contribution in [1.82, 2.24) is 9.66 Å². The first-order chi connectivity index (χ1) is 16.5. The Morgan fingerprint density at radius 1 is 1.09 bits per heavy atom. The summed E-state index contributed by atoms with van der Waals surface area (Å²) in [6.45, 7) is 2.43. The van der Waals surface area contributed by atoms with E-state index in [4.69, 9.17) is 9.47 Å². The molecule has 0 saturated heterocycles. The quantitative estimate of drug-likeness (QED) is 0.369. The number of benzene rings is 3. The standard InChI is InChI=1S/C25H19BrN4O4/c1-2-33-22-11-18(14-28-30-24(31)19-9-5-6-10-21(19)29-25(30)32)20(26)12-23(22)34-15-17-8-4-3-7-16(17)13-27/h3-12,14H,2,15H2,1H3,(H,29,32). The number of hydrogen-bond donors (Lipinski definition) is 1. The van der Waals surface area contributed by atoms with E-state index in [2.05, 4.69) is 32.1 Å². The van der Waals surface area contributed by atoms with Crippen LogP contribution in [0.15, 0.2) is 79.8 Å². The first-order valence-corrected chi connectivity index (χ1v) is 11.2. The van der Waals surface area contributed by atoms with E-state index in [0.29, 0.717) is 44.6 Å². The summed E-state index contributed by atoms with van der Waals surface area (Å²) in [5.41, 5.74) is 1.15. The van der Waals surface area contributed by atoms with Gasteiger partial charge in [-0.25, -0.2) is 4.79 Å². The maximum atomic E-state index is 12.7. The molecule has 4 rings (SSSR count). The van der Waals surface area contributed by atoms with E-state index in [1.807, 2.05) is 19.1 Å². The average Bonchev–Trinajstić information content (AvgIpc) is 2.84. The molecule has 1 heterocycles. The molecule has 0 fully saturated rings. The molecule has 0 aliphatic carbocycles. The summed E-state index contributed by atoms with van der Waals surface area (Å²) < 4.78 is 13.1. The Bertz CT molecular complexity index is 1550. The van der Waals surface area contributed by atoms with Crippen molar-refractivity contribution >= 4 is 33.0 Å². The number of para-hydroxylation sites is 1. The van der Waals surface area contributed by atoms with Crippen LogP contribution in [0.3, 0.4) is 0 Å². The van der Waals surface area contributed by atoms with Crippen molar-refractivity contribution in [2.75, 3.05) is 6.61 Å². The smallest absolute Gasteiger partial charge is 0.349 e. The molecular formula is C25H19BrN4O4. The van der Waals surface area contributed by atoms with Crippen LogP contribution in [0.5, 0.6) is 11.5 Å². The number of aromatic nitrogens is 2. The van der Waals surface area contributed by atoms with Crippen LogP contribution >= 0.6 is 15.9 Å². The normalized spacial score (nSPS) is 11.0. The molecule has 0 saturated carbocycles. The predicted octanol–water partition coefficient (Wildman–Crippen LogP) is 4.18. The molecule has 8 nitrogen and oxygen atoms in total. The minimum Gasteiger partial charge on any atom is -0.490 e. The molecule has 9 heteroatoms. The second-order valence-electron chi connectivity index (χ2n) is 7.15. The third kappa shape index (κ3) is 4.77. The molecule has 0 aliphatic rings. The van der Waals surface area contributed by atoms with Gasteiger partial charge in [0.25, 0.3) is 5.56 Å². The number of H-pyrrole nitrogens is 1. The minimum absolute atomic E-state index is 0.186. The number of fused-ring (bicyclic) bond motifs is 1. The Kier molecular flexibility index (Phi) is 6.90. The second-order valence-corrected chi connectivity index (χ2v) is 8.00. The van der Waals surface area contributed by atoms with Gasteiger partial charge in [0.1, 0.15) is 6.61 Å². The minimum atomic E-state index is -0.641. The molecule has 0 amide bonds. The molecule has 170 valence electrons. The zero-order valence-corrected chi connectivity index (χ0v) is 19.7. The summed E-state index contributed by atoms with van der Waals surface area (Å²) in [7, 11) is 0. The molecule has 1 aromatic heterocycles. The highest BCUT2D eigenvalue weighted by molar-refractivity contribution is 9.10. The van der Waals surface area contributed by atoms with Gasteiger partial charge in [-0.15, -0.1) is 4.68 Å². The lowest BCUT2D eigenvalue weighted by Crippen LogP contribution is -2.32. The molecule has 0 unspecified atom stereocenters. The first kappa shape index (κ1) is 23.0. The van der Waals surface area contributed by atoms with Crippen molar-refractivity contribution in [2.24, 2.45) is 5.10 Å². The van der Waals surface area contributed by atoms with Crippen LogP contribution in [0.2, 0.25) is 0 Å². The molecule has 0 bridgehead atoms. The molecule has 0 aliphatic heterocycles. The Morgan fingerprint density at radius 3 is 2.62 bits per heavy atom. The van der Waals surface area contributed by atoms with E-state index in [1.165, 1.54) is 6.21 Å². The van der Waals surface area contributed by atoms with Gasteiger partial charge in [0, 0.05) is 15.6 Å². The van der Waals surface area contributed by atoms with Gasteiger partial charge in [-0.1, -0.05) is 30.3 Å². The summed E-state index contributed by atoms with van der Waals surface area (Å²) in [5.74, 6) is 0.931. The Labute approximate surface area is 202 Å². The van der Waals surface area contributed by atoms with Crippen LogP contribution in [-0.2, 0) is 6.61 Å². The molecular weight excluding hydrogens is 500 g/mol. The van der Waals surface area contributed by atoms with E-state index in [1.54, 1.807) is 48.5 Å². The molecule has 0 atom stereocenters. The second kappa shape index (κ2) is 10.2. The number of aromatic amines is 1. The molecule has 34 heavy (non-hydrogen) atoms. The van der Waals surface area contributed by atoms with Gasteiger partial charge < -0.3 is 14.5 Å². The maximum Gasteiger partial charge on any atom is 0.349 e. The van der Waals surface area contributed by atoms with Gasteiger partial charge in [-0.2, -0.15) is 10.4 Å². The van der Waals surface area contributed by atoms with Crippen molar-refractivity contribution < 1.29 is 9.47 Å². The summed E-state index contributed by atoms with van der Waals surface area (Å²) in [5, 5.41) is 13.7. The van der Waals surface area contributed by atoms with E-state index < -0.39 is 11.2 Å². The number of hydrogen-bond acceptors (Lipinski definition) is 6. The van der Waals surface area contributed by atoms with Gasteiger partial charge in [-0.05, 0) is 53.2 Å². The van der Waals surface area contributed by atoms with E-state index in [0.717, 1.165) is 10.2 Å². The third-order valence-corrected chi connectivity index (χ3v) is 5.67. The van der Waals surface area contributed by atoms with Crippen LogP contribution in [0.1, 0.15) is 23.6 Å². The molecule has 3 aromatic carbocycles. The van der Waals surface area contributed by atoms with Crippen LogP contribution < -0.4 is 20.7 Å². The van der Waals surface area contributed by atoms with Gasteiger partial charge in [0.15, 0.2) is 11.5 Å². The topological polar surface area (TPSA) is 109 Å². The van der Waals surface area contributed by atoms with Crippen LogP contribution in [0, 0.1) is 11.3 Å².